The Morgan fingerprint density at radius 2 is 2.06 bits per heavy atom. The molecule has 2 aromatic rings. The molecule has 17 heavy (non-hydrogen) atoms. The van der Waals surface area contributed by atoms with Gasteiger partial charge in [-0.25, -0.2) is 0 Å². The highest BCUT2D eigenvalue weighted by molar-refractivity contribution is 5.88. The van der Waals surface area contributed by atoms with Crippen LogP contribution >= 0.6 is 0 Å². The van der Waals surface area contributed by atoms with E-state index in [9.17, 15) is 0 Å². The minimum atomic E-state index is 0.953. The van der Waals surface area contributed by atoms with Gasteiger partial charge in [0.25, 0.3) is 0 Å². The predicted octanol–water partition coefficient (Wildman–Crippen LogP) is 1.44. The maximum atomic E-state index is 3.35. The average molecular weight is 219 g/mol. The van der Waals surface area contributed by atoms with Gasteiger partial charge in [-0.2, -0.15) is 0 Å². The number of rotatable bonds is 0. The molecule has 0 amide bonds. The number of hydrogen-bond acceptors (Lipinski definition) is 1. The van der Waals surface area contributed by atoms with E-state index in [1.807, 2.05) is 0 Å². The molecule has 0 saturated carbocycles. The fourth-order valence-electron chi connectivity index (χ4n) is 2.97. The second-order valence-electron chi connectivity index (χ2n) is 4.70. The van der Waals surface area contributed by atoms with Crippen LogP contribution in [0.25, 0.3) is 22.5 Å². The van der Waals surface area contributed by atoms with Crippen molar-refractivity contribution in [2.75, 3.05) is 6.54 Å². The van der Waals surface area contributed by atoms with Crippen molar-refractivity contribution in [2.45, 2.75) is 6.42 Å². The average Bonchev–Trinajstić information content (AvgIpc) is 2.39. The van der Waals surface area contributed by atoms with Crippen molar-refractivity contribution in [1.29, 1.82) is 0 Å². The van der Waals surface area contributed by atoms with E-state index in [0.29, 0.717) is 0 Å². The number of benzene rings is 2. The highest BCUT2D eigenvalue weighted by Gasteiger charge is 2.12. The Kier molecular flexibility index (Phi) is 1.72. The second kappa shape index (κ2) is 3.24. The molecule has 1 aliphatic heterocycles. The second-order valence-corrected chi connectivity index (χ2v) is 4.70. The van der Waals surface area contributed by atoms with Crippen LogP contribution in [0.1, 0.15) is 5.56 Å². The van der Waals surface area contributed by atoms with E-state index < -0.39 is 0 Å². The number of fused-ring (bicyclic) bond motifs is 2. The first-order valence-corrected chi connectivity index (χ1v) is 6.07. The van der Waals surface area contributed by atoms with Crippen molar-refractivity contribution in [2.24, 2.45) is 0 Å². The quantitative estimate of drug-likeness (QED) is 0.707. The van der Waals surface area contributed by atoms with Crippen LogP contribution in [0.3, 0.4) is 0 Å². The van der Waals surface area contributed by atoms with Gasteiger partial charge in [0.2, 0.25) is 0 Å². The fraction of sp³-hybridized carbons (Fsp3) is 0.125. The summed E-state index contributed by atoms with van der Waals surface area (Å²) in [4.78, 5) is 0. The van der Waals surface area contributed by atoms with Gasteiger partial charge in [-0.3, -0.25) is 0 Å². The van der Waals surface area contributed by atoms with Gasteiger partial charge in [0, 0.05) is 12.7 Å². The van der Waals surface area contributed by atoms with Crippen molar-refractivity contribution in [3.63, 3.8) is 0 Å². The van der Waals surface area contributed by atoms with Crippen LogP contribution in [0.5, 0.6) is 0 Å². The summed E-state index contributed by atoms with van der Waals surface area (Å²) >= 11 is 0. The zero-order chi connectivity index (χ0) is 11.2. The highest BCUT2D eigenvalue weighted by atomic mass is 14.8. The first kappa shape index (κ1) is 9.06. The number of hydrogen-bond donors (Lipinski definition) is 1. The molecule has 2 aliphatic rings. The Balaban J connectivity index is 2.33. The van der Waals surface area contributed by atoms with Crippen molar-refractivity contribution < 1.29 is 0 Å². The maximum absolute atomic E-state index is 3.35. The summed E-state index contributed by atoms with van der Waals surface area (Å²) in [6.07, 6.45) is 7.75. The van der Waals surface area contributed by atoms with Crippen LogP contribution in [0.2, 0.25) is 0 Å². The normalized spacial score (nSPS) is 16.4. The molecule has 1 aliphatic carbocycles. The minimum Gasteiger partial charge on any atom is -0.386 e. The van der Waals surface area contributed by atoms with Gasteiger partial charge in [-0.15, -0.1) is 0 Å². The molecule has 1 nitrogen and oxygen atoms in total. The summed E-state index contributed by atoms with van der Waals surface area (Å²) in [5.74, 6) is 0. The van der Waals surface area contributed by atoms with Crippen LogP contribution in [-0.4, -0.2) is 6.54 Å². The Morgan fingerprint density at radius 3 is 3.06 bits per heavy atom. The molecule has 0 radical (unpaired) electrons. The van der Waals surface area contributed by atoms with Gasteiger partial charge in [-0.1, -0.05) is 36.4 Å². The molecule has 0 atom stereocenters. The van der Waals surface area contributed by atoms with Crippen LogP contribution in [-0.2, 0) is 6.42 Å². The minimum absolute atomic E-state index is 0.953. The SMILES string of the molecule is C1=CC2=c3c(c4ccccc4cc3=CNC2)C1. The molecule has 0 unspecified atom stereocenters. The van der Waals surface area contributed by atoms with E-state index in [-0.39, 0.29) is 0 Å². The highest BCUT2D eigenvalue weighted by Crippen LogP contribution is 2.18. The van der Waals surface area contributed by atoms with Gasteiger partial charge in [0.1, 0.15) is 0 Å². The van der Waals surface area contributed by atoms with Crippen LogP contribution in [0, 0.1) is 0 Å². The lowest BCUT2D eigenvalue weighted by atomic mass is 9.91. The van der Waals surface area contributed by atoms with Crippen LogP contribution in [0.4, 0.5) is 0 Å². The van der Waals surface area contributed by atoms with E-state index in [0.717, 1.165) is 13.0 Å². The Morgan fingerprint density at radius 1 is 1.12 bits per heavy atom. The third-order valence-corrected chi connectivity index (χ3v) is 3.70. The summed E-state index contributed by atoms with van der Waals surface area (Å²) < 4.78 is 0. The molecule has 0 fully saturated rings. The molecule has 0 saturated heterocycles. The zero-order valence-electron chi connectivity index (χ0n) is 9.53. The van der Waals surface area contributed by atoms with Gasteiger partial charge < -0.3 is 5.32 Å². The molecule has 2 aromatic carbocycles. The predicted molar refractivity (Wildman–Crippen MR) is 71.9 cm³/mol. The number of nitrogens with one attached hydrogen (secondary N) is 1. The smallest absolute Gasteiger partial charge is 0.0401 e. The van der Waals surface area contributed by atoms with Crippen molar-refractivity contribution in [3.8, 4) is 0 Å². The molecule has 1 N–H and O–H groups in total. The lowest BCUT2D eigenvalue weighted by molar-refractivity contribution is 1.02. The zero-order valence-corrected chi connectivity index (χ0v) is 9.53. The summed E-state index contributed by atoms with van der Waals surface area (Å²) in [7, 11) is 0. The fourth-order valence-corrected chi connectivity index (χ4v) is 2.97. The molecule has 1 heterocycles. The summed E-state index contributed by atoms with van der Waals surface area (Å²) in [6, 6.07) is 11.0. The van der Waals surface area contributed by atoms with Crippen LogP contribution < -0.4 is 15.8 Å². The van der Waals surface area contributed by atoms with E-state index in [4.69, 9.17) is 0 Å². The summed E-state index contributed by atoms with van der Waals surface area (Å²) in [5, 5.41) is 8.90. The van der Waals surface area contributed by atoms with E-state index in [1.165, 1.54) is 32.3 Å². The summed E-state index contributed by atoms with van der Waals surface area (Å²) in [6.45, 7) is 0.953. The van der Waals surface area contributed by atoms with Crippen molar-refractivity contribution >= 4 is 22.5 Å². The third kappa shape index (κ3) is 1.19. The van der Waals surface area contributed by atoms with Crippen LogP contribution in [0.15, 0.2) is 42.5 Å². The molecule has 1 heteroatoms. The Labute approximate surface area is 99.8 Å². The maximum Gasteiger partial charge on any atom is 0.0401 e. The van der Waals surface area contributed by atoms with Gasteiger partial charge >= 0.3 is 0 Å². The summed E-state index contributed by atoms with van der Waals surface area (Å²) in [5.41, 5.74) is 2.92. The number of allylic oxidation sites excluding steroid dienone is 1. The molecular formula is C16H13N. The van der Waals surface area contributed by atoms with E-state index in [2.05, 4.69) is 54.0 Å². The molecular weight excluding hydrogens is 206 g/mol. The lowest BCUT2D eigenvalue weighted by Crippen LogP contribution is -2.39. The van der Waals surface area contributed by atoms with E-state index >= 15 is 0 Å². The van der Waals surface area contributed by atoms with Crippen molar-refractivity contribution in [3.05, 3.63) is 58.5 Å². The Hall–Kier alpha value is -2.02. The third-order valence-electron chi connectivity index (χ3n) is 3.70. The molecule has 4 rings (SSSR count). The molecule has 0 bridgehead atoms. The van der Waals surface area contributed by atoms with Crippen molar-refractivity contribution in [1.82, 2.24) is 5.32 Å². The molecule has 0 spiro atoms. The van der Waals surface area contributed by atoms with Gasteiger partial charge in [0.15, 0.2) is 0 Å². The van der Waals surface area contributed by atoms with Gasteiger partial charge in [-0.05, 0) is 44.8 Å². The Bertz CT molecular complexity index is 766. The standard InChI is InChI=1S/C16H13N/c1-2-6-14-11(4-1)8-13-10-17-9-12-5-3-7-15(14)16(12)13/h1-6,8,10,17H,7,9H2. The molecule has 0 aromatic heterocycles. The molecule has 82 valence electrons. The van der Waals surface area contributed by atoms with Gasteiger partial charge in [0.05, 0.1) is 0 Å². The van der Waals surface area contributed by atoms with E-state index in [1.54, 1.807) is 0 Å². The lowest BCUT2D eigenvalue weighted by Gasteiger charge is -2.18. The first-order valence-electron chi connectivity index (χ1n) is 6.07. The monoisotopic (exact) mass is 219 g/mol. The first-order chi connectivity index (χ1) is 8.43. The largest absolute Gasteiger partial charge is 0.386 e. The topological polar surface area (TPSA) is 12.0 Å².